The van der Waals surface area contributed by atoms with Crippen LogP contribution in [0.5, 0.6) is 5.75 Å². The van der Waals surface area contributed by atoms with Crippen molar-refractivity contribution in [1.29, 1.82) is 0 Å². The van der Waals surface area contributed by atoms with Gasteiger partial charge in [-0.15, -0.1) is 0 Å². The van der Waals surface area contributed by atoms with Crippen LogP contribution in [0.25, 0.3) is 0 Å². The second-order valence-electron chi connectivity index (χ2n) is 13.1. The minimum Gasteiger partial charge on any atom is -0.478 e. The van der Waals surface area contributed by atoms with Gasteiger partial charge in [-0.1, -0.05) is 63.2 Å². The summed E-state index contributed by atoms with van der Waals surface area (Å²) in [7, 11) is 0. The van der Waals surface area contributed by atoms with Gasteiger partial charge in [-0.05, 0) is 86.7 Å². The number of rotatable bonds is 12. The quantitative estimate of drug-likeness (QED) is 0.192. The van der Waals surface area contributed by atoms with Crippen molar-refractivity contribution in [3.05, 3.63) is 93.5 Å². The van der Waals surface area contributed by atoms with E-state index in [1.807, 2.05) is 58.0 Å². The molecule has 0 spiro atoms. The molecule has 2 atom stereocenters. The molecule has 4 rings (SSSR count). The van der Waals surface area contributed by atoms with Crippen molar-refractivity contribution < 1.29 is 78.1 Å². The predicted octanol–water partition coefficient (Wildman–Crippen LogP) is 6.42. The molecule has 11 heteroatoms. The van der Waals surface area contributed by atoms with Gasteiger partial charge in [0.2, 0.25) is 5.91 Å². The van der Waals surface area contributed by atoms with Crippen LogP contribution in [-0.2, 0) is 25.5 Å². The Morgan fingerprint density at radius 1 is 1.02 bits per heavy atom. The average molecular weight is 894 g/mol. The van der Waals surface area contributed by atoms with Crippen molar-refractivity contribution in [3.8, 4) is 5.75 Å². The Labute approximate surface area is 324 Å². The second kappa shape index (κ2) is 17.4. The van der Waals surface area contributed by atoms with Gasteiger partial charge in [0.15, 0.2) is 5.60 Å². The average Bonchev–Trinajstić information content (AvgIpc) is 3.09. The van der Waals surface area contributed by atoms with E-state index in [2.05, 4.69) is 5.32 Å². The summed E-state index contributed by atoms with van der Waals surface area (Å²) in [6.45, 7) is 11.1. The monoisotopic (exact) mass is 893 g/mol. The zero-order chi connectivity index (χ0) is 33.8. The Morgan fingerprint density at radius 3 is 2.31 bits per heavy atom. The van der Waals surface area contributed by atoms with Crippen LogP contribution in [0.1, 0.15) is 75.5 Å². The molecule has 0 aliphatic carbocycles. The van der Waals surface area contributed by atoms with Crippen LogP contribution in [0, 0.1) is 63.3 Å². The number of carbonyl (C=O) groups excluding carboxylic acids is 2. The maximum absolute atomic E-state index is 14.2. The van der Waals surface area contributed by atoms with Gasteiger partial charge in [0, 0.05) is 85.4 Å². The van der Waals surface area contributed by atoms with E-state index in [-0.39, 0.29) is 82.9 Å². The Hall–Kier alpha value is -2.48. The fourth-order valence-electron chi connectivity index (χ4n) is 5.29. The maximum Gasteiger partial charge on any atom is 0.347 e. The Balaban J connectivity index is 0.00000400. The fourth-order valence-corrected chi connectivity index (χ4v) is 5.47. The molecule has 9 nitrogen and oxygen atoms in total. The molecule has 0 bridgehead atoms. The normalized spacial score (nSPS) is 16.2. The van der Waals surface area contributed by atoms with Crippen molar-refractivity contribution in [2.24, 2.45) is 5.41 Å². The number of aliphatic carboxylic acids is 1. The number of benzene rings is 3. The van der Waals surface area contributed by atoms with Crippen LogP contribution in [0.15, 0.2) is 60.7 Å². The zero-order valence-corrected chi connectivity index (χ0v) is 33.3. The summed E-state index contributed by atoms with van der Waals surface area (Å²) in [6.07, 6.45) is -1.45. The molecule has 1 heterocycles. The van der Waals surface area contributed by atoms with Crippen molar-refractivity contribution in [3.63, 3.8) is 0 Å². The van der Waals surface area contributed by atoms with Gasteiger partial charge < -0.3 is 29.9 Å². The van der Waals surface area contributed by atoms with Gasteiger partial charge in [0.25, 0.3) is 5.91 Å². The molecule has 0 saturated carbocycles. The number of fused-ring (bicyclic) bond motifs is 1. The molecule has 2 amide bonds. The molecule has 3 aromatic rings. The second-order valence-corrected chi connectivity index (χ2v) is 13.5. The number of anilines is 1. The maximum atomic E-state index is 14.2. The van der Waals surface area contributed by atoms with Crippen molar-refractivity contribution >= 4 is 35.1 Å². The molecule has 0 unspecified atom stereocenters. The number of carbonyl (C=O) groups is 3. The van der Waals surface area contributed by atoms with Crippen LogP contribution in [0.3, 0.4) is 0 Å². The van der Waals surface area contributed by atoms with Gasteiger partial charge in [-0.25, -0.2) is 4.79 Å². The first-order valence-corrected chi connectivity index (χ1v) is 15.7. The third-order valence-corrected chi connectivity index (χ3v) is 8.50. The first-order chi connectivity index (χ1) is 21.6. The van der Waals surface area contributed by atoms with Crippen molar-refractivity contribution in [2.45, 2.75) is 79.6 Å². The minimum absolute atomic E-state index is 0. The van der Waals surface area contributed by atoms with Crippen LogP contribution in [-0.4, -0.2) is 59.4 Å². The van der Waals surface area contributed by atoms with Crippen LogP contribution >= 0.6 is 11.6 Å². The molecule has 48 heavy (non-hydrogen) atoms. The van der Waals surface area contributed by atoms with E-state index in [1.54, 1.807) is 35.2 Å². The molecule has 1 radical (unpaired) electrons. The first-order valence-electron chi connectivity index (χ1n) is 15.3. The summed E-state index contributed by atoms with van der Waals surface area (Å²) < 4.78 is 12.1. The Morgan fingerprint density at radius 2 is 1.69 bits per heavy atom. The number of hydrogen-bond acceptors (Lipinski definition) is 6. The Kier molecular flexibility index (Phi) is 15.2. The van der Waals surface area contributed by atoms with Gasteiger partial charge in [-0.3, -0.25) is 9.59 Å². The third kappa shape index (κ3) is 10.3. The van der Waals surface area contributed by atoms with E-state index in [0.29, 0.717) is 35.0 Å². The van der Waals surface area contributed by atoms with E-state index >= 15 is 0 Å². The molecule has 1 aliphatic rings. The number of hydrogen-bond donors (Lipinski definition) is 3. The molecule has 3 aromatic carbocycles. The fraction of sp³-hybridized carbons (Fsp3) is 0.432. The van der Waals surface area contributed by atoms with Crippen LogP contribution in [0.2, 0.25) is 5.02 Å². The number of halogens is 1. The number of carboxylic acid groups (broad SMARTS) is 1. The summed E-state index contributed by atoms with van der Waals surface area (Å²) in [6, 6.07) is 18.3. The topological polar surface area (TPSA) is 125 Å². The van der Waals surface area contributed by atoms with E-state index in [9.17, 15) is 24.6 Å². The number of nitrogens with one attached hydrogen (secondary N) is 1. The van der Waals surface area contributed by atoms with Gasteiger partial charge in [0.1, 0.15) is 18.0 Å². The molecule has 257 valence electrons. The molecule has 1 aliphatic heterocycles. The smallest absolute Gasteiger partial charge is 0.347 e. The van der Waals surface area contributed by atoms with Gasteiger partial charge in [0.05, 0.1) is 6.42 Å². The molecular formula is C37H47AcClN2O7. The molecule has 0 aromatic heterocycles. The van der Waals surface area contributed by atoms with Gasteiger partial charge >= 0.3 is 5.97 Å². The third-order valence-electron chi connectivity index (χ3n) is 8.27. The molecule has 0 fully saturated rings. The number of ether oxygens (including phenoxy) is 2. The van der Waals surface area contributed by atoms with Crippen molar-refractivity contribution in [1.82, 2.24) is 5.32 Å². The number of aliphatic hydroxyl groups excluding tert-OH is 1. The largest absolute Gasteiger partial charge is 0.478 e. The summed E-state index contributed by atoms with van der Waals surface area (Å²) in [5.41, 5.74) is 3.24. The number of nitrogens with zero attached hydrogens (tertiary/aromatic N) is 1. The van der Waals surface area contributed by atoms with E-state index in [1.165, 1.54) is 13.8 Å². The molecular weight excluding hydrogens is 847 g/mol. The minimum atomic E-state index is -1.36. The van der Waals surface area contributed by atoms with Crippen molar-refractivity contribution in [2.75, 3.05) is 24.6 Å². The van der Waals surface area contributed by atoms with E-state index in [0.717, 1.165) is 22.3 Å². The number of aliphatic hydroxyl groups is 1. The van der Waals surface area contributed by atoms with E-state index in [4.69, 9.17) is 21.1 Å². The van der Waals surface area contributed by atoms with Crippen LogP contribution in [0.4, 0.5) is 5.69 Å². The number of amides is 2. The Bertz CT molecular complexity index is 1590. The molecule has 0 saturated heterocycles. The summed E-state index contributed by atoms with van der Waals surface area (Å²) in [5, 5.41) is 22.8. The van der Waals surface area contributed by atoms with Gasteiger partial charge in [-0.2, -0.15) is 0 Å². The predicted molar refractivity (Wildman–Crippen MR) is 184 cm³/mol. The SMILES string of the molecule is C.Cc1cccc([C@H]2O[C@H](CC(=O)NCCc3ccc(OC(C)(C)C(=O)O)cc3)C(=O)N(CC(C)(C)CO)c3ccc(Cl)cc32)c1C.[Ac]. The van der Waals surface area contributed by atoms with E-state index < -0.39 is 29.2 Å². The zero-order valence-electron chi connectivity index (χ0n) is 27.8. The summed E-state index contributed by atoms with van der Waals surface area (Å²) in [5.74, 6) is -1.35. The number of aryl methyl sites for hydroxylation is 1. The summed E-state index contributed by atoms with van der Waals surface area (Å²) >= 11 is 6.48. The summed E-state index contributed by atoms with van der Waals surface area (Å²) in [4.78, 5) is 40.4. The van der Waals surface area contributed by atoms with Crippen LogP contribution < -0.4 is 15.0 Å². The standard InChI is InChI=1S/C36H43ClN2O7.CH4.Ac/c1-22-8-7-9-27(23(22)2)32-28-18-25(37)12-15-29(28)39(20-35(3,4)21-40)33(42)30(45-32)19-31(41)38-17-16-24-10-13-26(14-11-24)46-36(5,6)34(43)44;;/h7-15,18,30,32,40H,16-17,19-21H2,1-6H3,(H,38,41)(H,43,44);1H4;/t30-,32-;;/m1../s1. The number of carboxylic acids is 1. The first kappa shape index (κ1) is 41.7. The molecule has 3 N–H and O–H groups in total.